The fourth-order valence-electron chi connectivity index (χ4n) is 4.82. The second kappa shape index (κ2) is 8.45. The van der Waals surface area contributed by atoms with Crippen LogP contribution in [0.2, 0.25) is 0 Å². The Morgan fingerprint density at radius 2 is 2.23 bits per heavy atom. The van der Waals surface area contributed by atoms with Crippen molar-refractivity contribution in [1.29, 1.82) is 0 Å². The fourth-order valence-corrected chi connectivity index (χ4v) is 4.82. The van der Waals surface area contributed by atoms with Gasteiger partial charge in [0.25, 0.3) is 0 Å². The first kappa shape index (κ1) is 19.7. The number of hydrogen-bond donors (Lipinski definition) is 2. The molecule has 2 unspecified atom stereocenters. The van der Waals surface area contributed by atoms with E-state index in [1.54, 1.807) is 24.7 Å². The lowest BCUT2D eigenvalue weighted by Gasteiger charge is -2.26. The maximum Gasteiger partial charge on any atom is 0.188 e. The highest BCUT2D eigenvalue weighted by Gasteiger charge is 2.41. The smallest absolute Gasteiger partial charge is 0.188 e. The number of nitrogens with one attached hydrogen (secondary N) is 2. The molecule has 3 saturated heterocycles. The van der Waals surface area contributed by atoms with Gasteiger partial charge in [-0.2, -0.15) is 0 Å². The first-order valence-electron chi connectivity index (χ1n) is 10.7. The van der Waals surface area contributed by atoms with Crippen molar-refractivity contribution in [3.63, 3.8) is 0 Å². The maximum absolute atomic E-state index is 14.0. The number of nitrogens with zero attached hydrogens (tertiary/aromatic N) is 3. The molecule has 3 fully saturated rings. The lowest BCUT2D eigenvalue weighted by Crippen LogP contribution is -2.42. The van der Waals surface area contributed by atoms with Crippen molar-refractivity contribution in [3.8, 4) is 11.5 Å². The predicted octanol–water partition coefficient (Wildman–Crippen LogP) is 2.13. The van der Waals surface area contributed by atoms with Gasteiger partial charge in [-0.3, -0.25) is 0 Å². The largest absolute Gasteiger partial charge is 0.452 e. The Hall–Kier alpha value is -2.29. The molecular formula is C22H28FN5O2. The molecule has 0 aliphatic carbocycles. The first-order chi connectivity index (χ1) is 14.7. The highest BCUT2D eigenvalue weighted by atomic mass is 19.1. The Balaban J connectivity index is 1.37. The summed E-state index contributed by atoms with van der Waals surface area (Å²) in [5.41, 5.74) is 1.14. The van der Waals surface area contributed by atoms with Crippen LogP contribution < -0.4 is 20.3 Å². The molecule has 3 aliphatic rings. The van der Waals surface area contributed by atoms with Gasteiger partial charge < -0.3 is 25.0 Å². The molecule has 2 aromatic rings. The Morgan fingerprint density at radius 1 is 1.27 bits per heavy atom. The van der Waals surface area contributed by atoms with E-state index >= 15 is 0 Å². The average Bonchev–Trinajstić information content (AvgIpc) is 3.41. The second-order valence-corrected chi connectivity index (χ2v) is 8.59. The molecule has 1 spiro atoms. The zero-order valence-corrected chi connectivity index (χ0v) is 17.1. The van der Waals surface area contributed by atoms with E-state index in [2.05, 4.69) is 25.5 Å². The van der Waals surface area contributed by atoms with Crippen molar-refractivity contribution >= 4 is 5.82 Å². The quantitative estimate of drug-likeness (QED) is 0.778. The molecule has 160 valence electrons. The minimum atomic E-state index is -0.270. The summed E-state index contributed by atoms with van der Waals surface area (Å²) in [6.45, 7) is 6.18. The summed E-state index contributed by atoms with van der Waals surface area (Å²) in [7, 11) is 0. The molecule has 1 aromatic carbocycles. The third-order valence-corrected chi connectivity index (χ3v) is 6.44. The van der Waals surface area contributed by atoms with Crippen LogP contribution in [-0.4, -0.2) is 61.9 Å². The number of hydrogen-bond acceptors (Lipinski definition) is 7. The molecule has 0 saturated carbocycles. The van der Waals surface area contributed by atoms with Crippen molar-refractivity contribution in [1.82, 2.24) is 20.6 Å². The van der Waals surface area contributed by atoms with Gasteiger partial charge in [-0.15, -0.1) is 0 Å². The van der Waals surface area contributed by atoms with E-state index < -0.39 is 0 Å². The molecule has 0 radical (unpaired) electrons. The molecule has 2 atom stereocenters. The van der Waals surface area contributed by atoms with Gasteiger partial charge in [0.05, 0.1) is 19.4 Å². The molecule has 5 rings (SSSR count). The van der Waals surface area contributed by atoms with E-state index in [9.17, 15) is 4.39 Å². The van der Waals surface area contributed by atoms with E-state index in [0.717, 1.165) is 50.5 Å². The van der Waals surface area contributed by atoms with Crippen LogP contribution in [0.15, 0.2) is 30.7 Å². The minimum absolute atomic E-state index is 0.141. The molecular weight excluding hydrogens is 385 g/mol. The van der Waals surface area contributed by atoms with Crippen molar-refractivity contribution in [2.75, 3.05) is 50.8 Å². The van der Waals surface area contributed by atoms with Crippen LogP contribution in [-0.2, 0) is 11.2 Å². The Kier molecular flexibility index (Phi) is 5.54. The third kappa shape index (κ3) is 4.12. The first-order valence-corrected chi connectivity index (χ1v) is 10.7. The van der Waals surface area contributed by atoms with Gasteiger partial charge in [0.1, 0.15) is 17.9 Å². The minimum Gasteiger partial charge on any atom is -0.452 e. The number of aromatic nitrogens is 2. The monoisotopic (exact) mass is 413 g/mol. The highest BCUT2D eigenvalue weighted by molar-refractivity contribution is 5.54. The average molecular weight is 413 g/mol. The SMILES string of the molecule is Fc1ccc(Oc2cncnc2N2CCC3(CCNC3)C2)c(CC2COCCN2)c1. The normalized spacial score (nSPS) is 26.4. The molecule has 0 amide bonds. The van der Waals surface area contributed by atoms with Crippen molar-refractivity contribution in [2.45, 2.75) is 25.3 Å². The van der Waals surface area contributed by atoms with Crippen molar-refractivity contribution in [2.24, 2.45) is 5.41 Å². The molecule has 7 nitrogen and oxygen atoms in total. The van der Waals surface area contributed by atoms with E-state index in [0.29, 0.717) is 36.5 Å². The molecule has 30 heavy (non-hydrogen) atoms. The van der Waals surface area contributed by atoms with Crippen LogP contribution in [0.3, 0.4) is 0 Å². The third-order valence-electron chi connectivity index (χ3n) is 6.44. The van der Waals surface area contributed by atoms with Crippen LogP contribution in [0.4, 0.5) is 10.2 Å². The number of ether oxygens (including phenoxy) is 2. The van der Waals surface area contributed by atoms with E-state index in [1.165, 1.54) is 12.5 Å². The fraction of sp³-hybridized carbons (Fsp3) is 0.545. The summed E-state index contributed by atoms with van der Waals surface area (Å²) in [4.78, 5) is 11.0. The van der Waals surface area contributed by atoms with Crippen LogP contribution in [0.5, 0.6) is 11.5 Å². The number of benzene rings is 1. The number of anilines is 1. The Morgan fingerprint density at radius 3 is 3.07 bits per heavy atom. The Bertz CT molecular complexity index is 884. The van der Waals surface area contributed by atoms with E-state index in [4.69, 9.17) is 9.47 Å². The lowest BCUT2D eigenvalue weighted by atomic mass is 9.87. The molecule has 8 heteroatoms. The topological polar surface area (TPSA) is 71.5 Å². The Labute approximate surface area is 176 Å². The van der Waals surface area contributed by atoms with Gasteiger partial charge in [-0.05, 0) is 49.6 Å². The molecule has 0 bridgehead atoms. The summed E-state index contributed by atoms with van der Waals surface area (Å²) < 4.78 is 25.8. The second-order valence-electron chi connectivity index (χ2n) is 8.59. The van der Waals surface area contributed by atoms with Crippen LogP contribution >= 0.6 is 0 Å². The lowest BCUT2D eigenvalue weighted by molar-refractivity contribution is 0.0768. The van der Waals surface area contributed by atoms with Crippen LogP contribution in [0.25, 0.3) is 0 Å². The van der Waals surface area contributed by atoms with Gasteiger partial charge >= 0.3 is 0 Å². The molecule has 4 heterocycles. The summed E-state index contributed by atoms with van der Waals surface area (Å²) in [5, 5.41) is 6.91. The number of morpholine rings is 1. The standard InChI is InChI=1S/C22H28FN5O2/c23-17-1-2-19(16(9-17)10-18-12-29-8-6-26-18)30-20-11-25-15-27-21(20)28-7-4-22(14-28)3-5-24-13-22/h1-2,9,11,15,18,24,26H,3-8,10,12-14H2. The van der Waals surface area contributed by atoms with Gasteiger partial charge in [0.15, 0.2) is 11.6 Å². The van der Waals surface area contributed by atoms with Crippen molar-refractivity contribution in [3.05, 3.63) is 42.1 Å². The maximum atomic E-state index is 14.0. The predicted molar refractivity (Wildman–Crippen MR) is 112 cm³/mol. The summed E-state index contributed by atoms with van der Waals surface area (Å²) in [6, 6.07) is 4.81. The van der Waals surface area contributed by atoms with Gasteiger partial charge in [0, 0.05) is 37.6 Å². The van der Waals surface area contributed by atoms with Crippen molar-refractivity contribution < 1.29 is 13.9 Å². The number of halogens is 1. The highest BCUT2D eigenvalue weighted by Crippen LogP contribution is 2.41. The summed E-state index contributed by atoms with van der Waals surface area (Å²) >= 11 is 0. The van der Waals surface area contributed by atoms with Crippen LogP contribution in [0, 0.1) is 11.2 Å². The van der Waals surface area contributed by atoms with E-state index in [-0.39, 0.29) is 11.9 Å². The van der Waals surface area contributed by atoms with Gasteiger partial charge in [0.2, 0.25) is 0 Å². The zero-order valence-electron chi connectivity index (χ0n) is 17.1. The van der Waals surface area contributed by atoms with Gasteiger partial charge in [-0.25, -0.2) is 14.4 Å². The molecule has 3 aliphatic heterocycles. The molecule has 2 N–H and O–H groups in total. The molecule has 1 aromatic heterocycles. The number of rotatable bonds is 5. The van der Waals surface area contributed by atoms with Crippen LogP contribution in [0.1, 0.15) is 18.4 Å². The van der Waals surface area contributed by atoms with Gasteiger partial charge in [-0.1, -0.05) is 0 Å². The summed E-state index contributed by atoms with van der Waals surface area (Å²) in [6.07, 6.45) is 6.25. The summed E-state index contributed by atoms with van der Waals surface area (Å²) in [5.74, 6) is 1.79. The zero-order chi connectivity index (χ0) is 20.4. The van der Waals surface area contributed by atoms with E-state index in [1.807, 2.05) is 0 Å².